The molecule has 0 bridgehead atoms. The van der Waals surface area contributed by atoms with E-state index in [1.165, 1.54) is 19.3 Å². The first-order chi connectivity index (χ1) is 7.04. The number of carbonyl (C=O) groups excluding carboxylic acids is 1. The molecule has 0 unspecified atom stereocenters. The fourth-order valence-electron chi connectivity index (χ4n) is 2.27. The van der Waals surface area contributed by atoms with Crippen molar-refractivity contribution in [2.75, 3.05) is 6.54 Å². The summed E-state index contributed by atoms with van der Waals surface area (Å²) in [5, 5.41) is 3.03. The summed E-state index contributed by atoms with van der Waals surface area (Å²) >= 11 is 0. The molecule has 2 aliphatic rings. The molecule has 0 radical (unpaired) electrons. The second-order valence-electron chi connectivity index (χ2n) is 5.71. The molecule has 2 rings (SSSR count). The Balaban J connectivity index is 1.83. The van der Waals surface area contributed by atoms with Crippen LogP contribution in [0.1, 0.15) is 51.9 Å². The summed E-state index contributed by atoms with van der Waals surface area (Å²) in [6, 6.07) is 0. The van der Waals surface area contributed by atoms with Crippen molar-refractivity contribution < 1.29 is 4.79 Å². The van der Waals surface area contributed by atoms with Gasteiger partial charge in [-0.2, -0.15) is 0 Å². The predicted octanol–water partition coefficient (Wildman–Crippen LogP) is 1.56. The Morgan fingerprint density at radius 3 is 2.33 bits per heavy atom. The minimum absolute atomic E-state index is 0.0790. The number of nitrogens with two attached hydrogens (primary N) is 1. The molecule has 2 saturated carbocycles. The third kappa shape index (κ3) is 2.51. The van der Waals surface area contributed by atoms with Crippen molar-refractivity contribution in [1.29, 1.82) is 0 Å². The van der Waals surface area contributed by atoms with E-state index in [4.69, 9.17) is 5.73 Å². The molecule has 0 aromatic rings. The monoisotopic (exact) mass is 210 g/mol. The molecule has 3 N–H and O–H groups in total. The minimum Gasteiger partial charge on any atom is -0.354 e. The Morgan fingerprint density at radius 2 is 1.80 bits per heavy atom. The van der Waals surface area contributed by atoms with Crippen LogP contribution in [-0.2, 0) is 4.79 Å². The van der Waals surface area contributed by atoms with Crippen LogP contribution >= 0.6 is 0 Å². The van der Waals surface area contributed by atoms with Gasteiger partial charge in [0.1, 0.15) is 0 Å². The third-order valence-electron chi connectivity index (χ3n) is 3.98. The number of hydrogen-bond donors (Lipinski definition) is 2. The van der Waals surface area contributed by atoms with Crippen LogP contribution in [0.3, 0.4) is 0 Å². The van der Waals surface area contributed by atoms with E-state index in [9.17, 15) is 4.79 Å². The van der Waals surface area contributed by atoms with Crippen molar-refractivity contribution in [3.8, 4) is 0 Å². The van der Waals surface area contributed by atoms with E-state index >= 15 is 0 Å². The molecule has 2 aliphatic carbocycles. The zero-order chi connectivity index (χ0) is 10.9. The number of rotatable bonds is 3. The third-order valence-corrected chi connectivity index (χ3v) is 3.98. The van der Waals surface area contributed by atoms with Crippen LogP contribution in [0.4, 0.5) is 0 Å². The molecule has 0 aliphatic heterocycles. The Bertz CT molecular complexity index is 252. The highest BCUT2D eigenvalue weighted by Crippen LogP contribution is 2.44. The molecule has 0 heterocycles. The van der Waals surface area contributed by atoms with Gasteiger partial charge in [-0.25, -0.2) is 0 Å². The Labute approximate surface area is 91.8 Å². The highest BCUT2D eigenvalue weighted by molar-refractivity contribution is 5.86. The van der Waals surface area contributed by atoms with Crippen molar-refractivity contribution >= 4 is 5.91 Å². The molecule has 15 heavy (non-hydrogen) atoms. The highest BCUT2D eigenvalue weighted by Gasteiger charge is 2.40. The summed E-state index contributed by atoms with van der Waals surface area (Å²) in [5.74, 6) is 0.0790. The van der Waals surface area contributed by atoms with Crippen LogP contribution in [0.5, 0.6) is 0 Å². The van der Waals surface area contributed by atoms with Crippen LogP contribution in [0.2, 0.25) is 0 Å². The van der Waals surface area contributed by atoms with Gasteiger partial charge in [-0.1, -0.05) is 26.2 Å². The van der Waals surface area contributed by atoms with Crippen LogP contribution in [-0.4, -0.2) is 18.0 Å². The number of amides is 1. The summed E-state index contributed by atoms with van der Waals surface area (Å²) in [7, 11) is 0. The van der Waals surface area contributed by atoms with Crippen LogP contribution < -0.4 is 11.1 Å². The lowest BCUT2D eigenvalue weighted by molar-refractivity contribution is -0.127. The number of hydrogen-bond acceptors (Lipinski definition) is 2. The van der Waals surface area contributed by atoms with E-state index in [1.807, 2.05) is 0 Å². The van der Waals surface area contributed by atoms with Crippen LogP contribution in [0, 0.1) is 5.41 Å². The van der Waals surface area contributed by atoms with Crippen LogP contribution in [0.25, 0.3) is 0 Å². The molecule has 0 spiro atoms. The molecule has 0 saturated heterocycles. The molecular formula is C12H22N2O. The maximum atomic E-state index is 12.0. The maximum absolute atomic E-state index is 12.0. The normalized spacial score (nSPS) is 27.1. The van der Waals surface area contributed by atoms with E-state index in [0.29, 0.717) is 5.41 Å². The predicted molar refractivity (Wildman–Crippen MR) is 60.4 cm³/mol. The molecule has 1 amide bonds. The Morgan fingerprint density at radius 1 is 1.20 bits per heavy atom. The highest BCUT2D eigenvalue weighted by atomic mass is 16.2. The van der Waals surface area contributed by atoms with Gasteiger partial charge in [-0.05, 0) is 31.1 Å². The largest absolute Gasteiger partial charge is 0.354 e. The molecule has 0 aromatic carbocycles. The SMILES string of the molecule is CC1(CNC(=O)C2(N)CCCCC2)CC1. The second-order valence-corrected chi connectivity index (χ2v) is 5.71. The molecule has 86 valence electrons. The van der Waals surface area contributed by atoms with Crippen LogP contribution in [0.15, 0.2) is 0 Å². The van der Waals surface area contributed by atoms with Crippen molar-refractivity contribution in [1.82, 2.24) is 5.32 Å². The van der Waals surface area contributed by atoms with E-state index in [0.717, 1.165) is 32.2 Å². The molecule has 0 aromatic heterocycles. The van der Waals surface area contributed by atoms with Gasteiger partial charge in [0, 0.05) is 6.54 Å². The lowest BCUT2D eigenvalue weighted by Gasteiger charge is -2.32. The molecule has 3 heteroatoms. The maximum Gasteiger partial charge on any atom is 0.240 e. The summed E-state index contributed by atoms with van der Waals surface area (Å²) in [6.45, 7) is 3.03. The number of nitrogens with one attached hydrogen (secondary N) is 1. The van der Waals surface area contributed by atoms with Crippen molar-refractivity contribution in [3.05, 3.63) is 0 Å². The van der Waals surface area contributed by atoms with E-state index in [1.54, 1.807) is 0 Å². The lowest BCUT2D eigenvalue weighted by Crippen LogP contribution is -2.55. The smallest absolute Gasteiger partial charge is 0.240 e. The minimum atomic E-state index is -0.566. The first kappa shape index (κ1) is 10.9. The summed E-state index contributed by atoms with van der Waals surface area (Å²) in [6.07, 6.45) is 7.62. The van der Waals surface area contributed by atoms with Gasteiger partial charge in [0.2, 0.25) is 5.91 Å². The standard InChI is InChI=1S/C12H22N2O/c1-11(7-8-11)9-14-10(15)12(13)5-3-2-4-6-12/h2-9,13H2,1H3,(H,14,15). The van der Waals surface area contributed by atoms with Crippen molar-refractivity contribution in [2.24, 2.45) is 11.1 Å². The van der Waals surface area contributed by atoms with Gasteiger partial charge < -0.3 is 11.1 Å². The van der Waals surface area contributed by atoms with E-state index < -0.39 is 5.54 Å². The summed E-state index contributed by atoms with van der Waals surface area (Å²) < 4.78 is 0. The van der Waals surface area contributed by atoms with Crippen molar-refractivity contribution in [3.63, 3.8) is 0 Å². The zero-order valence-corrected chi connectivity index (χ0v) is 9.64. The topological polar surface area (TPSA) is 55.1 Å². The van der Waals surface area contributed by atoms with Gasteiger partial charge in [0.25, 0.3) is 0 Å². The second kappa shape index (κ2) is 3.78. The first-order valence-corrected chi connectivity index (χ1v) is 6.11. The lowest BCUT2D eigenvalue weighted by atomic mass is 9.82. The zero-order valence-electron chi connectivity index (χ0n) is 9.64. The van der Waals surface area contributed by atoms with Gasteiger partial charge in [-0.3, -0.25) is 4.79 Å². The van der Waals surface area contributed by atoms with Gasteiger partial charge in [0.05, 0.1) is 5.54 Å². The van der Waals surface area contributed by atoms with Gasteiger partial charge in [0.15, 0.2) is 0 Å². The Kier molecular flexibility index (Phi) is 2.75. The molecule has 0 atom stereocenters. The van der Waals surface area contributed by atoms with E-state index in [2.05, 4.69) is 12.2 Å². The van der Waals surface area contributed by atoms with E-state index in [-0.39, 0.29) is 5.91 Å². The molecular weight excluding hydrogens is 188 g/mol. The molecule has 2 fully saturated rings. The summed E-state index contributed by atoms with van der Waals surface area (Å²) in [5.41, 5.74) is 5.95. The quantitative estimate of drug-likeness (QED) is 0.743. The van der Waals surface area contributed by atoms with Gasteiger partial charge in [-0.15, -0.1) is 0 Å². The van der Waals surface area contributed by atoms with Crippen molar-refractivity contribution in [2.45, 2.75) is 57.4 Å². The average molecular weight is 210 g/mol. The van der Waals surface area contributed by atoms with Gasteiger partial charge >= 0.3 is 0 Å². The summed E-state index contributed by atoms with van der Waals surface area (Å²) in [4.78, 5) is 12.0. The Hall–Kier alpha value is -0.570. The fraction of sp³-hybridized carbons (Fsp3) is 0.917. The average Bonchev–Trinajstić information content (AvgIpc) is 2.95. The fourth-order valence-corrected chi connectivity index (χ4v) is 2.27. The number of carbonyl (C=O) groups is 1. The molecule has 3 nitrogen and oxygen atoms in total. The first-order valence-electron chi connectivity index (χ1n) is 6.11.